The maximum absolute atomic E-state index is 14.5. The highest BCUT2D eigenvalue weighted by atomic mass is 16.6. The molecule has 11 nitrogen and oxygen atoms in total. The summed E-state index contributed by atoms with van der Waals surface area (Å²) in [5.41, 5.74) is 0.622. The van der Waals surface area contributed by atoms with Crippen LogP contribution in [0.2, 0.25) is 0 Å². The smallest absolute Gasteiger partial charge is 0.330 e. The average Bonchev–Trinajstić information content (AvgIpc) is 3.61. The second-order valence-corrected chi connectivity index (χ2v) is 15.1. The van der Waals surface area contributed by atoms with Gasteiger partial charge in [0.25, 0.3) is 5.56 Å². The van der Waals surface area contributed by atoms with Gasteiger partial charge in [-0.3, -0.25) is 19.1 Å². The fraction of sp³-hybridized carbons (Fsp3) is 0.204. The molecule has 4 atom stereocenters. The standard InChI is InChI=1S/C49H43N3O8/c1-51(42(54)28-33-15-14-32-13-12-30-8-7-9-31-16-25-39(33)44(32)43(30)31)45-46(55)40(60-47(45)52-27-26-41(53)50-48(52)56)29-59-49(34-10-5-4-6-11-34,35-17-21-37(57-2)22-18-35)36-19-23-38(58-3)24-20-36/h4-27,40,45-47,55H,28-29H2,1-3H3,(H,50,53,56). The number of H-pyrrole nitrogens is 1. The van der Waals surface area contributed by atoms with Crippen LogP contribution >= 0.6 is 0 Å². The van der Waals surface area contributed by atoms with Gasteiger partial charge in [0, 0.05) is 19.3 Å². The van der Waals surface area contributed by atoms with E-state index in [2.05, 4.69) is 41.4 Å². The van der Waals surface area contributed by atoms with Crippen LogP contribution in [0.5, 0.6) is 11.5 Å². The molecular formula is C49H43N3O8. The zero-order valence-corrected chi connectivity index (χ0v) is 33.3. The minimum absolute atomic E-state index is 0.0222. The third-order valence-electron chi connectivity index (χ3n) is 11.9. The lowest BCUT2D eigenvalue weighted by atomic mass is 9.80. The van der Waals surface area contributed by atoms with E-state index in [0.717, 1.165) is 54.6 Å². The maximum atomic E-state index is 14.5. The fourth-order valence-corrected chi connectivity index (χ4v) is 8.83. The number of aliphatic hydroxyl groups is 1. The molecule has 1 aliphatic heterocycles. The van der Waals surface area contributed by atoms with Crippen molar-refractivity contribution in [1.29, 1.82) is 0 Å². The lowest BCUT2D eigenvalue weighted by Gasteiger charge is -2.37. The SMILES string of the molecule is COc1ccc(C(OCC2OC(n3ccc(=O)[nH]c3=O)C(N(C)C(=O)Cc3ccc4ccc5cccc6ccc3c4c56)C2O)(c2ccccc2)c2ccc(OC)cc2)cc1. The fourth-order valence-electron chi connectivity index (χ4n) is 8.83. The van der Waals surface area contributed by atoms with Crippen LogP contribution in [-0.2, 0) is 26.3 Å². The number of likely N-dealkylation sites (N-methyl/N-ethyl adjacent to an activating group) is 1. The third kappa shape index (κ3) is 6.66. The van der Waals surface area contributed by atoms with Crippen molar-refractivity contribution < 1.29 is 28.8 Å². The largest absolute Gasteiger partial charge is 0.497 e. The molecule has 2 heterocycles. The number of carbonyl (C=O) groups is 1. The number of aliphatic hydroxyl groups excluding tert-OH is 1. The van der Waals surface area contributed by atoms with Crippen molar-refractivity contribution in [2.45, 2.75) is 36.5 Å². The van der Waals surface area contributed by atoms with Crippen LogP contribution in [0.15, 0.2) is 155 Å². The number of carbonyl (C=O) groups excluding carboxylic acids is 1. The van der Waals surface area contributed by atoms with Gasteiger partial charge < -0.3 is 29.0 Å². The number of nitrogens with zero attached hydrogens (tertiary/aromatic N) is 2. The highest BCUT2D eigenvalue weighted by molar-refractivity contribution is 6.23. The molecule has 8 aromatic rings. The van der Waals surface area contributed by atoms with Gasteiger partial charge in [-0.1, -0.05) is 109 Å². The molecule has 0 radical (unpaired) electrons. The molecule has 11 heteroatoms. The lowest BCUT2D eigenvalue weighted by molar-refractivity contribution is -0.135. The van der Waals surface area contributed by atoms with Gasteiger partial charge in [0.2, 0.25) is 5.91 Å². The monoisotopic (exact) mass is 801 g/mol. The van der Waals surface area contributed by atoms with Crippen LogP contribution in [0.1, 0.15) is 28.5 Å². The van der Waals surface area contributed by atoms with Gasteiger partial charge >= 0.3 is 5.69 Å². The third-order valence-corrected chi connectivity index (χ3v) is 11.9. The molecule has 0 bridgehead atoms. The summed E-state index contributed by atoms with van der Waals surface area (Å²) in [7, 11) is 4.81. The molecule has 1 amide bonds. The number of methoxy groups -OCH3 is 2. The van der Waals surface area contributed by atoms with Gasteiger partial charge in [0.1, 0.15) is 35.3 Å². The summed E-state index contributed by atoms with van der Waals surface area (Å²) in [6.07, 6.45) is -2.21. The van der Waals surface area contributed by atoms with Gasteiger partial charge in [-0.25, -0.2) is 4.79 Å². The highest BCUT2D eigenvalue weighted by Crippen LogP contribution is 2.43. The molecule has 302 valence electrons. The number of aromatic nitrogens is 2. The van der Waals surface area contributed by atoms with Gasteiger partial charge in [-0.2, -0.15) is 0 Å². The van der Waals surface area contributed by atoms with Gasteiger partial charge in [0.05, 0.1) is 27.2 Å². The van der Waals surface area contributed by atoms with Crippen LogP contribution in [-0.4, -0.2) is 71.6 Å². The summed E-state index contributed by atoms with van der Waals surface area (Å²) in [5.74, 6) is 1.03. The molecular weight excluding hydrogens is 759 g/mol. The summed E-state index contributed by atoms with van der Waals surface area (Å²) in [5, 5.41) is 18.8. The van der Waals surface area contributed by atoms with E-state index >= 15 is 0 Å². The van der Waals surface area contributed by atoms with Crippen molar-refractivity contribution in [3.05, 3.63) is 189 Å². The van der Waals surface area contributed by atoms with Crippen LogP contribution in [0, 0.1) is 0 Å². The van der Waals surface area contributed by atoms with Crippen molar-refractivity contribution in [1.82, 2.24) is 14.5 Å². The number of hydrogen-bond acceptors (Lipinski definition) is 8. The Balaban J connectivity index is 1.08. The molecule has 0 aliphatic carbocycles. The Morgan fingerprint density at radius 2 is 1.32 bits per heavy atom. The Kier molecular flexibility index (Phi) is 10.2. The number of benzene rings is 7. The summed E-state index contributed by atoms with van der Waals surface area (Å²) in [6, 6.07) is 43.6. The van der Waals surface area contributed by atoms with Crippen molar-refractivity contribution in [3.8, 4) is 11.5 Å². The predicted molar refractivity (Wildman–Crippen MR) is 230 cm³/mol. The normalized spacial score (nSPS) is 18.0. The Bertz CT molecular complexity index is 2870. The Labute approximate surface area is 345 Å². The molecule has 0 saturated carbocycles. The van der Waals surface area contributed by atoms with Crippen molar-refractivity contribution >= 4 is 38.2 Å². The quantitative estimate of drug-likeness (QED) is 0.102. The predicted octanol–water partition coefficient (Wildman–Crippen LogP) is 6.79. The molecule has 7 aromatic carbocycles. The van der Waals surface area contributed by atoms with E-state index in [1.54, 1.807) is 21.3 Å². The van der Waals surface area contributed by atoms with Crippen LogP contribution in [0.3, 0.4) is 0 Å². The van der Waals surface area contributed by atoms with E-state index in [-0.39, 0.29) is 18.9 Å². The van der Waals surface area contributed by atoms with Gasteiger partial charge in [-0.05, 0) is 78.8 Å². The van der Waals surface area contributed by atoms with Crippen LogP contribution < -0.4 is 20.7 Å². The average molecular weight is 802 g/mol. The minimum Gasteiger partial charge on any atom is -0.497 e. The second-order valence-electron chi connectivity index (χ2n) is 15.1. The summed E-state index contributed by atoms with van der Waals surface area (Å²) in [4.78, 5) is 43.7. The first kappa shape index (κ1) is 38.7. The molecule has 1 aliphatic rings. The summed E-state index contributed by atoms with van der Waals surface area (Å²) < 4.78 is 25.9. The number of amides is 1. The number of aromatic amines is 1. The van der Waals surface area contributed by atoms with E-state index in [0.29, 0.717) is 11.5 Å². The molecule has 1 aromatic heterocycles. The second kappa shape index (κ2) is 15.8. The Morgan fingerprint density at radius 3 is 1.93 bits per heavy atom. The Hall–Kier alpha value is -6.79. The van der Waals surface area contributed by atoms with E-state index < -0.39 is 41.3 Å². The van der Waals surface area contributed by atoms with Gasteiger partial charge in [-0.15, -0.1) is 0 Å². The number of hydrogen-bond donors (Lipinski definition) is 2. The molecule has 1 saturated heterocycles. The van der Waals surface area contributed by atoms with Crippen molar-refractivity contribution in [2.75, 3.05) is 27.9 Å². The van der Waals surface area contributed by atoms with E-state index in [9.17, 15) is 19.5 Å². The van der Waals surface area contributed by atoms with E-state index in [4.69, 9.17) is 18.9 Å². The first-order valence-electron chi connectivity index (χ1n) is 19.7. The van der Waals surface area contributed by atoms with Crippen molar-refractivity contribution in [2.24, 2.45) is 0 Å². The first-order chi connectivity index (χ1) is 29.2. The highest BCUT2D eigenvalue weighted by Gasteiger charge is 2.50. The van der Waals surface area contributed by atoms with Gasteiger partial charge in [0.15, 0.2) is 6.23 Å². The van der Waals surface area contributed by atoms with Crippen LogP contribution in [0.4, 0.5) is 0 Å². The zero-order chi connectivity index (χ0) is 41.5. The minimum atomic E-state index is -1.33. The molecule has 60 heavy (non-hydrogen) atoms. The van der Waals surface area contributed by atoms with Crippen LogP contribution in [0.25, 0.3) is 32.3 Å². The van der Waals surface area contributed by atoms with E-state index in [1.807, 2.05) is 97.1 Å². The zero-order valence-electron chi connectivity index (χ0n) is 33.3. The topological polar surface area (TPSA) is 132 Å². The lowest BCUT2D eigenvalue weighted by Crippen LogP contribution is -2.50. The number of nitrogens with one attached hydrogen (secondary N) is 1. The van der Waals surface area contributed by atoms with Crippen molar-refractivity contribution in [3.63, 3.8) is 0 Å². The Morgan fingerprint density at radius 1 is 0.733 bits per heavy atom. The van der Waals surface area contributed by atoms with E-state index in [1.165, 1.54) is 21.7 Å². The maximum Gasteiger partial charge on any atom is 0.330 e. The summed E-state index contributed by atoms with van der Waals surface area (Å²) >= 11 is 0. The number of rotatable bonds is 12. The summed E-state index contributed by atoms with van der Waals surface area (Å²) in [6.45, 7) is -0.170. The molecule has 2 N–H and O–H groups in total. The molecule has 0 spiro atoms. The molecule has 1 fully saturated rings. The molecule has 9 rings (SSSR count). The molecule has 4 unspecified atom stereocenters. The first-order valence-corrected chi connectivity index (χ1v) is 19.7. The number of ether oxygens (including phenoxy) is 4.